The van der Waals surface area contributed by atoms with E-state index in [9.17, 15) is 8.42 Å². The second kappa shape index (κ2) is 8.45. The highest BCUT2D eigenvalue weighted by atomic mass is 35.5. The third-order valence-corrected chi connectivity index (χ3v) is 7.09. The van der Waals surface area contributed by atoms with E-state index in [0.717, 1.165) is 5.69 Å². The molecule has 1 heterocycles. The third kappa shape index (κ3) is 4.46. The number of rotatable bonds is 5. The van der Waals surface area contributed by atoms with Gasteiger partial charge in [0.15, 0.2) is 0 Å². The summed E-state index contributed by atoms with van der Waals surface area (Å²) in [5.41, 5.74) is 0.811. The average molecular weight is 450 g/mol. The second-order valence-electron chi connectivity index (χ2n) is 6.01. The van der Waals surface area contributed by atoms with Crippen molar-refractivity contribution in [3.05, 3.63) is 51.5 Å². The molecule has 0 N–H and O–H groups in total. The van der Waals surface area contributed by atoms with E-state index in [1.165, 1.54) is 16.4 Å². The molecule has 2 aromatic carbocycles. The van der Waals surface area contributed by atoms with E-state index in [-0.39, 0.29) is 4.90 Å². The summed E-state index contributed by atoms with van der Waals surface area (Å²) < 4.78 is 32.8. The van der Waals surface area contributed by atoms with Gasteiger partial charge >= 0.3 is 0 Å². The Balaban J connectivity index is 1.77. The summed E-state index contributed by atoms with van der Waals surface area (Å²) >= 11 is 18.4. The van der Waals surface area contributed by atoms with Crippen molar-refractivity contribution in [3.63, 3.8) is 0 Å². The first-order valence-electron chi connectivity index (χ1n) is 8.45. The predicted molar refractivity (Wildman–Crippen MR) is 110 cm³/mol. The van der Waals surface area contributed by atoms with Gasteiger partial charge in [-0.05, 0) is 37.3 Å². The monoisotopic (exact) mass is 448 g/mol. The van der Waals surface area contributed by atoms with Crippen molar-refractivity contribution in [2.24, 2.45) is 0 Å². The molecule has 2 aromatic rings. The fourth-order valence-corrected chi connectivity index (χ4v) is 4.97. The van der Waals surface area contributed by atoms with Gasteiger partial charge in [0, 0.05) is 37.3 Å². The topological polar surface area (TPSA) is 49.9 Å². The summed E-state index contributed by atoms with van der Waals surface area (Å²) in [7, 11) is -3.63. The summed E-state index contributed by atoms with van der Waals surface area (Å²) in [6, 6.07) is 9.78. The van der Waals surface area contributed by atoms with Gasteiger partial charge in [0.1, 0.15) is 5.75 Å². The molecule has 146 valence electrons. The largest absolute Gasteiger partial charge is 0.492 e. The van der Waals surface area contributed by atoms with E-state index >= 15 is 0 Å². The molecule has 1 aliphatic rings. The number of hydrogen-bond donors (Lipinski definition) is 0. The lowest BCUT2D eigenvalue weighted by molar-refractivity contribution is 0.339. The molecule has 1 fully saturated rings. The molecule has 0 saturated carbocycles. The Hall–Kier alpha value is -1.18. The Kier molecular flexibility index (Phi) is 6.43. The van der Waals surface area contributed by atoms with Gasteiger partial charge in [-0.1, -0.05) is 34.8 Å². The molecule has 0 unspecified atom stereocenters. The van der Waals surface area contributed by atoms with Gasteiger partial charge in [-0.2, -0.15) is 4.31 Å². The van der Waals surface area contributed by atoms with Gasteiger partial charge in [-0.15, -0.1) is 0 Å². The predicted octanol–water partition coefficient (Wildman–Crippen LogP) is 4.56. The Bertz CT molecular complexity index is 929. The van der Waals surface area contributed by atoms with Crippen LogP contribution in [0.4, 0.5) is 5.69 Å². The number of piperazine rings is 1. The number of hydrogen-bond acceptors (Lipinski definition) is 4. The zero-order valence-electron chi connectivity index (χ0n) is 14.7. The van der Waals surface area contributed by atoms with Crippen molar-refractivity contribution in [1.29, 1.82) is 0 Å². The molecule has 0 atom stereocenters. The first kappa shape index (κ1) is 20.6. The molecule has 0 aliphatic carbocycles. The van der Waals surface area contributed by atoms with Crippen molar-refractivity contribution in [1.82, 2.24) is 4.31 Å². The summed E-state index contributed by atoms with van der Waals surface area (Å²) in [4.78, 5) is 2.21. The van der Waals surface area contributed by atoms with Gasteiger partial charge in [-0.3, -0.25) is 0 Å². The van der Waals surface area contributed by atoms with E-state index < -0.39 is 10.0 Å². The minimum Gasteiger partial charge on any atom is -0.492 e. The summed E-state index contributed by atoms with van der Waals surface area (Å²) in [6.07, 6.45) is 0. The van der Waals surface area contributed by atoms with Crippen molar-refractivity contribution in [2.75, 3.05) is 37.7 Å². The van der Waals surface area contributed by atoms with E-state index in [1.807, 2.05) is 11.8 Å². The number of nitrogens with zero attached hydrogens (tertiary/aromatic N) is 2. The molecule has 0 amide bonds. The zero-order valence-corrected chi connectivity index (χ0v) is 17.7. The van der Waals surface area contributed by atoms with Gasteiger partial charge in [0.2, 0.25) is 10.0 Å². The molecule has 27 heavy (non-hydrogen) atoms. The Morgan fingerprint density at radius 1 is 0.963 bits per heavy atom. The highest BCUT2D eigenvalue weighted by molar-refractivity contribution is 7.89. The number of sulfonamides is 1. The molecule has 0 radical (unpaired) electrons. The molecule has 0 bridgehead atoms. The SMILES string of the molecule is CCOc1cc(S(=O)(=O)N2CCN(c3cc(Cl)ccc3Cl)CC2)ccc1Cl. The van der Waals surface area contributed by atoms with Gasteiger partial charge in [0.25, 0.3) is 0 Å². The average Bonchev–Trinajstić information content (AvgIpc) is 2.65. The maximum atomic E-state index is 13.0. The van der Waals surface area contributed by atoms with Gasteiger partial charge < -0.3 is 9.64 Å². The Labute approximate surface area is 174 Å². The van der Waals surface area contributed by atoms with Crippen LogP contribution in [0.15, 0.2) is 41.3 Å². The minimum absolute atomic E-state index is 0.171. The van der Waals surface area contributed by atoms with E-state index in [1.54, 1.807) is 24.3 Å². The molecular formula is C18H19Cl3N2O3S. The van der Waals surface area contributed by atoms with Crippen molar-refractivity contribution in [3.8, 4) is 5.75 Å². The first-order chi connectivity index (χ1) is 12.8. The van der Waals surface area contributed by atoms with Crippen LogP contribution in [0, 0.1) is 0 Å². The fourth-order valence-electron chi connectivity index (χ4n) is 2.96. The first-order valence-corrected chi connectivity index (χ1v) is 11.0. The standard InChI is InChI=1S/C18H19Cl3N2O3S/c1-2-26-18-12-14(4-6-16(18)21)27(24,25)23-9-7-22(8-10-23)17-11-13(19)3-5-15(17)20/h3-6,11-12H,2,7-10H2,1H3. The van der Waals surface area contributed by atoms with Gasteiger partial charge in [0.05, 0.1) is 27.2 Å². The molecule has 9 heteroatoms. The second-order valence-corrected chi connectivity index (χ2v) is 9.20. The van der Waals surface area contributed by atoms with Gasteiger partial charge in [-0.25, -0.2) is 8.42 Å². The quantitative estimate of drug-likeness (QED) is 0.671. The normalized spacial score (nSPS) is 15.8. The van der Waals surface area contributed by atoms with Crippen molar-refractivity contribution < 1.29 is 13.2 Å². The smallest absolute Gasteiger partial charge is 0.243 e. The van der Waals surface area contributed by atoms with E-state index in [0.29, 0.717) is 53.6 Å². The highest BCUT2D eigenvalue weighted by Crippen LogP contribution is 2.32. The fraction of sp³-hybridized carbons (Fsp3) is 0.333. The van der Waals surface area contributed by atoms with Crippen molar-refractivity contribution >= 4 is 50.5 Å². The van der Waals surface area contributed by atoms with E-state index in [4.69, 9.17) is 39.5 Å². The Morgan fingerprint density at radius 3 is 2.30 bits per heavy atom. The van der Waals surface area contributed by atoms with Crippen LogP contribution in [0.25, 0.3) is 0 Å². The van der Waals surface area contributed by atoms with E-state index in [2.05, 4.69) is 0 Å². The lowest BCUT2D eigenvalue weighted by atomic mass is 10.2. The lowest BCUT2D eigenvalue weighted by Crippen LogP contribution is -2.48. The number of halogens is 3. The minimum atomic E-state index is -3.63. The van der Waals surface area contributed by atoms with Crippen LogP contribution >= 0.6 is 34.8 Å². The molecule has 1 aliphatic heterocycles. The molecular weight excluding hydrogens is 431 g/mol. The molecule has 0 spiro atoms. The zero-order chi connectivity index (χ0) is 19.6. The number of ether oxygens (including phenoxy) is 1. The third-order valence-electron chi connectivity index (χ3n) is 4.33. The molecule has 1 saturated heterocycles. The van der Waals surface area contributed by atoms with Crippen LogP contribution in [0.1, 0.15) is 6.92 Å². The molecule has 5 nitrogen and oxygen atoms in total. The van der Waals surface area contributed by atoms with Crippen LogP contribution in [-0.4, -0.2) is 45.5 Å². The van der Waals surface area contributed by atoms with Crippen LogP contribution in [0.2, 0.25) is 15.1 Å². The maximum absolute atomic E-state index is 13.0. The maximum Gasteiger partial charge on any atom is 0.243 e. The van der Waals surface area contributed by atoms with Crippen LogP contribution in [-0.2, 0) is 10.0 Å². The molecule has 3 rings (SSSR count). The van der Waals surface area contributed by atoms with Crippen LogP contribution in [0.5, 0.6) is 5.75 Å². The Morgan fingerprint density at radius 2 is 1.63 bits per heavy atom. The molecule has 0 aromatic heterocycles. The number of benzene rings is 2. The lowest BCUT2D eigenvalue weighted by Gasteiger charge is -2.35. The van der Waals surface area contributed by atoms with Crippen molar-refractivity contribution in [2.45, 2.75) is 11.8 Å². The highest BCUT2D eigenvalue weighted by Gasteiger charge is 2.29. The summed E-state index contributed by atoms with van der Waals surface area (Å²) in [5, 5.41) is 1.57. The summed E-state index contributed by atoms with van der Waals surface area (Å²) in [6.45, 7) is 3.95. The van der Waals surface area contributed by atoms with Crippen LogP contribution < -0.4 is 9.64 Å². The summed E-state index contributed by atoms with van der Waals surface area (Å²) in [5.74, 6) is 0.365. The number of anilines is 1. The van der Waals surface area contributed by atoms with Crippen LogP contribution in [0.3, 0.4) is 0 Å².